The summed E-state index contributed by atoms with van der Waals surface area (Å²) < 4.78 is 7.80. The minimum absolute atomic E-state index is 0. The lowest BCUT2D eigenvalue weighted by Gasteiger charge is -2.36. The van der Waals surface area contributed by atoms with Gasteiger partial charge in [0, 0.05) is 37.9 Å². The van der Waals surface area contributed by atoms with E-state index >= 15 is 0 Å². The van der Waals surface area contributed by atoms with Gasteiger partial charge in [0.2, 0.25) is 0 Å². The monoisotopic (exact) mass is 372 g/mol. The van der Waals surface area contributed by atoms with Crippen molar-refractivity contribution in [1.29, 1.82) is 0 Å². The number of aryl methyl sites for hydroxylation is 1. The smallest absolute Gasteiger partial charge is 0.136 e. The van der Waals surface area contributed by atoms with E-state index in [9.17, 15) is 0 Å². The number of nitrogens with one attached hydrogen (secondary N) is 1. The maximum atomic E-state index is 5.60. The highest BCUT2D eigenvalue weighted by molar-refractivity contribution is 5.85. The maximum absolute atomic E-state index is 5.60. The van der Waals surface area contributed by atoms with Crippen LogP contribution in [-0.4, -0.2) is 41.0 Å². The summed E-state index contributed by atoms with van der Waals surface area (Å²) in [7, 11) is 1.74. The normalized spacial score (nSPS) is 17.8. The number of imidazole rings is 1. The highest BCUT2D eigenvalue weighted by atomic mass is 35.5. The molecular formula is C20H25ClN4O. The van der Waals surface area contributed by atoms with E-state index in [-0.39, 0.29) is 12.4 Å². The van der Waals surface area contributed by atoms with Crippen LogP contribution >= 0.6 is 12.4 Å². The quantitative estimate of drug-likeness (QED) is 0.763. The molecule has 0 saturated carbocycles. The van der Waals surface area contributed by atoms with E-state index in [4.69, 9.17) is 4.74 Å². The summed E-state index contributed by atoms with van der Waals surface area (Å²) in [6, 6.07) is 12.8. The highest BCUT2D eigenvalue weighted by Crippen LogP contribution is 2.31. The molecule has 1 aliphatic rings. The largest absolute Gasteiger partial charge is 0.496 e. The van der Waals surface area contributed by atoms with Crippen molar-refractivity contribution in [3.8, 4) is 5.75 Å². The molecular weight excluding hydrogens is 348 g/mol. The van der Waals surface area contributed by atoms with Gasteiger partial charge in [0.05, 0.1) is 25.0 Å². The van der Waals surface area contributed by atoms with E-state index in [1.165, 1.54) is 16.8 Å². The fourth-order valence-corrected chi connectivity index (χ4v) is 3.65. The minimum atomic E-state index is 0. The van der Waals surface area contributed by atoms with Gasteiger partial charge in [-0.1, -0.05) is 24.3 Å². The summed E-state index contributed by atoms with van der Waals surface area (Å²) in [5, 5.41) is 3.52. The Kier molecular flexibility index (Phi) is 5.81. The molecule has 26 heavy (non-hydrogen) atoms. The lowest BCUT2D eigenvalue weighted by atomic mass is 10.0. The average Bonchev–Trinajstić information content (AvgIpc) is 3.04. The van der Waals surface area contributed by atoms with Crippen LogP contribution in [0.2, 0.25) is 0 Å². The number of piperazine rings is 1. The van der Waals surface area contributed by atoms with E-state index in [0.717, 1.165) is 37.6 Å². The van der Waals surface area contributed by atoms with Crippen LogP contribution in [0.15, 0.2) is 48.8 Å². The summed E-state index contributed by atoms with van der Waals surface area (Å²) in [6.07, 6.45) is 4.16. The van der Waals surface area contributed by atoms with Gasteiger partial charge in [-0.25, -0.2) is 4.98 Å². The molecule has 0 bridgehead atoms. The number of ether oxygens (including phenoxy) is 1. The van der Waals surface area contributed by atoms with Crippen LogP contribution in [0.1, 0.15) is 22.9 Å². The summed E-state index contributed by atoms with van der Waals surface area (Å²) in [5.41, 5.74) is 4.71. The van der Waals surface area contributed by atoms with E-state index in [0.29, 0.717) is 6.04 Å². The van der Waals surface area contributed by atoms with Crippen LogP contribution in [-0.2, 0) is 6.54 Å². The third-order valence-corrected chi connectivity index (χ3v) is 4.95. The van der Waals surface area contributed by atoms with Crippen molar-refractivity contribution >= 4 is 18.1 Å². The molecule has 0 radical (unpaired) electrons. The van der Waals surface area contributed by atoms with E-state index < -0.39 is 0 Å². The Labute approximate surface area is 160 Å². The van der Waals surface area contributed by atoms with Gasteiger partial charge in [0.15, 0.2) is 0 Å². The topological polar surface area (TPSA) is 41.8 Å². The molecule has 138 valence electrons. The van der Waals surface area contributed by atoms with Crippen LogP contribution in [0.3, 0.4) is 0 Å². The maximum Gasteiger partial charge on any atom is 0.136 e. The van der Waals surface area contributed by atoms with Crippen LogP contribution in [0, 0.1) is 6.92 Å². The molecule has 1 aromatic carbocycles. The van der Waals surface area contributed by atoms with Crippen molar-refractivity contribution < 1.29 is 4.74 Å². The zero-order chi connectivity index (χ0) is 17.2. The van der Waals surface area contributed by atoms with Crippen molar-refractivity contribution in [1.82, 2.24) is 19.6 Å². The number of halogens is 1. The molecule has 1 N–H and O–H groups in total. The fourth-order valence-electron chi connectivity index (χ4n) is 3.65. The first-order valence-corrected chi connectivity index (χ1v) is 8.76. The number of rotatable bonds is 4. The Hall–Kier alpha value is -2.08. The molecule has 0 spiro atoms. The predicted molar refractivity (Wildman–Crippen MR) is 106 cm³/mol. The van der Waals surface area contributed by atoms with Crippen LogP contribution in [0.4, 0.5) is 0 Å². The van der Waals surface area contributed by atoms with Gasteiger partial charge in [0.25, 0.3) is 0 Å². The summed E-state index contributed by atoms with van der Waals surface area (Å²) >= 11 is 0. The minimum Gasteiger partial charge on any atom is -0.496 e. The molecule has 6 heteroatoms. The fraction of sp³-hybridized carbons (Fsp3) is 0.350. The molecule has 1 fully saturated rings. The first-order chi connectivity index (χ1) is 12.3. The Balaban J connectivity index is 0.00000196. The van der Waals surface area contributed by atoms with Crippen molar-refractivity contribution in [3.05, 3.63) is 65.6 Å². The van der Waals surface area contributed by atoms with E-state index in [2.05, 4.69) is 57.0 Å². The summed E-state index contributed by atoms with van der Waals surface area (Å²) in [6.45, 7) is 5.92. The van der Waals surface area contributed by atoms with Crippen molar-refractivity contribution in [3.63, 3.8) is 0 Å². The first kappa shape index (κ1) is 18.7. The second-order valence-corrected chi connectivity index (χ2v) is 6.62. The molecule has 0 aliphatic carbocycles. The molecule has 4 rings (SSSR count). The SMILES string of the molecule is COc1ccccc1C1CNCCN1Cc1cnc2ccc(C)cn12.Cl. The van der Waals surface area contributed by atoms with Gasteiger partial charge in [-0.2, -0.15) is 0 Å². The zero-order valence-corrected chi connectivity index (χ0v) is 16.0. The molecule has 0 amide bonds. The van der Waals surface area contributed by atoms with Gasteiger partial charge in [-0.15, -0.1) is 12.4 Å². The van der Waals surface area contributed by atoms with Crippen LogP contribution < -0.4 is 10.1 Å². The number of aromatic nitrogens is 2. The van der Waals surface area contributed by atoms with Gasteiger partial charge in [0.1, 0.15) is 11.4 Å². The van der Waals surface area contributed by atoms with Crippen LogP contribution in [0.5, 0.6) is 5.75 Å². The lowest BCUT2D eigenvalue weighted by molar-refractivity contribution is 0.149. The van der Waals surface area contributed by atoms with E-state index in [1.807, 2.05) is 18.3 Å². The van der Waals surface area contributed by atoms with Crippen LogP contribution in [0.25, 0.3) is 5.65 Å². The Morgan fingerprint density at radius 1 is 1.23 bits per heavy atom. The second-order valence-electron chi connectivity index (χ2n) is 6.62. The molecule has 1 saturated heterocycles. The molecule has 1 atom stereocenters. The Morgan fingerprint density at radius 3 is 2.92 bits per heavy atom. The van der Waals surface area contributed by atoms with Gasteiger partial charge < -0.3 is 14.5 Å². The molecule has 2 aromatic heterocycles. The second kappa shape index (κ2) is 8.08. The molecule has 3 aromatic rings. The number of fused-ring (bicyclic) bond motifs is 1. The third-order valence-electron chi connectivity index (χ3n) is 4.95. The van der Waals surface area contributed by atoms with Crippen molar-refractivity contribution in [2.45, 2.75) is 19.5 Å². The summed E-state index contributed by atoms with van der Waals surface area (Å²) in [4.78, 5) is 7.07. The van der Waals surface area contributed by atoms with Gasteiger partial charge in [-0.3, -0.25) is 4.90 Å². The van der Waals surface area contributed by atoms with Gasteiger partial charge >= 0.3 is 0 Å². The molecule has 3 heterocycles. The van der Waals surface area contributed by atoms with E-state index in [1.54, 1.807) is 7.11 Å². The number of nitrogens with zero attached hydrogens (tertiary/aromatic N) is 3. The van der Waals surface area contributed by atoms with Crippen molar-refractivity contribution in [2.75, 3.05) is 26.7 Å². The molecule has 5 nitrogen and oxygen atoms in total. The molecule has 1 unspecified atom stereocenters. The summed E-state index contributed by atoms with van der Waals surface area (Å²) in [5.74, 6) is 0.954. The number of benzene rings is 1. The highest BCUT2D eigenvalue weighted by Gasteiger charge is 2.26. The Morgan fingerprint density at radius 2 is 2.08 bits per heavy atom. The lowest BCUT2D eigenvalue weighted by Crippen LogP contribution is -2.45. The van der Waals surface area contributed by atoms with Gasteiger partial charge in [-0.05, 0) is 24.6 Å². The number of hydrogen-bond donors (Lipinski definition) is 1. The first-order valence-electron chi connectivity index (χ1n) is 8.76. The number of methoxy groups -OCH3 is 1. The number of hydrogen-bond acceptors (Lipinski definition) is 4. The molecule has 1 aliphatic heterocycles. The average molecular weight is 373 g/mol. The third kappa shape index (κ3) is 3.56. The predicted octanol–water partition coefficient (Wildman–Crippen LogP) is 3.22. The zero-order valence-electron chi connectivity index (χ0n) is 15.2. The number of pyridine rings is 1. The van der Waals surface area contributed by atoms with Crippen molar-refractivity contribution in [2.24, 2.45) is 0 Å². The number of para-hydroxylation sites is 1. The standard InChI is InChI=1S/C20H24N4O.ClH/c1-15-7-8-20-22-11-16(24(20)13-15)14-23-10-9-21-12-18(23)17-5-3-4-6-19(17)25-2;/h3-8,11,13,18,21H,9-10,12,14H2,1-2H3;1H. The Bertz CT molecular complexity index is 879.